The molecule has 0 aliphatic heterocycles. The second-order valence-electron chi connectivity index (χ2n) is 15.3. The highest BCUT2D eigenvalue weighted by Gasteiger charge is 2.14. The number of rotatable bonds is 41. The largest absolute Gasteiger partial charge is 0.480 e. The number of hydrogen-bond donors (Lipinski definition) is 2. The van der Waals surface area contributed by atoms with E-state index in [-0.39, 0.29) is 24.5 Å². The number of amides is 1. The zero-order valence-corrected chi connectivity index (χ0v) is 34.0. The molecule has 0 heterocycles. The van der Waals surface area contributed by atoms with E-state index in [1.807, 2.05) is 0 Å². The molecule has 0 aliphatic carbocycles. The first kappa shape index (κ1) is 49.1. The smallest absolute Gasteiger partial charge is 0.322 e. The van der Waals surface area contributed by atoms with E-state index in [0.29, 0.717) is 12.8 Å². The van der Waals surface area contributed by atoms with Gasteiger partial charge in [0.05, 0.1) is 0 Å². The number of hydrogen-bond acceptors (Lipinski definition) is 4. The Kier molecular flexibility index (Phi) is 39.4. The third kappa shape index (κ3) is 40.8. The third-order valence-corrected chi connectivity index (χ3v) is 10.2. The van der Waals surface area contributed by atoms with E-state index in [1.54, 1.807) is 0 Å². The molecule has 6 heteroatoms. The van der Waals surface area contributed by atoms with Crippen LogP contribution in [0.2, 0.25) is 0 Å². The molecule has 0 aromatic rings. The fraction of sp³-hybridized carbons (Fsp3) is 0.889. The molecule has 1 unspecified atom stereocenters. The van der Waals surface area contributed by atoms with Gasteiger partial charge in [-0.15, -0.1) is 0 Å². The lowest BCUT2D eigenvalue weighted by Gasteiger charge is -2.18. The Morgan fingerprint density at radius 1 is 0.490 bits per heavy atom. The number of ether oxygens (including phenoxy) is 1. The number of carbonyl (C=O) groups excluding carboxylic acids is 2. The van der Waals surface area contributed by atoms with Crippen LogP contribution in [0.4, 0.5) is 0 Å². The number of aliphatic carboxylic acids is 1. The van der Waals surface area contributed by atoms with Crippen LogP contribution in [0.3, 0.4) is 0 Å². The predicted octanol–water partition coefficient (Wildman–Crippen LogP) is 13.7. The molecule has 0 aliphatic rings. The van der Waals surface area contributed by atoms with E-state index in [9.17, 15) is 14.4 Å². The van der Waals surface area contributed by atoms with Gasteiger partial charge in [-0.1, -0.05) is 180 Å². The van der Waals surface area contributed by atoms with Crippen LogP contribution in [0.15, 0.2) is 12.2 Å². The van der Waals surface area contributed by atoms with E-state index >= 15 is 0 Å². The summed E-state index contributed by atoms with van der Waals surface area (Å²) >= 11 is 0. The van der Waals surface area contributed by atoms with Gasteiger partial charge < -0.3 is 15.2 Å². The molecular formula is C45H85NO5. The van der Waals surface area contributed by atoms with Crippen molar-refractivity contribution in [3.63, 3.8) is 0 Å². The number of unbranched alkanes of at least 4 members (excludes halogenated alkanes) is 28. The molecule has 0 saturated heterocycles. The molecule has 1 amide bonds. The molecule has 1 atom stereocenters. The van der Waals surface area contributed by atoms with Crippen molar-refractivity contribution in [3.05, 3.63) is 12.2 Å². The van der Waals surface area contributed by atoms with Crippen molar-refractivity contribution < 1.29 is 24.2 Å². The average Bonchev–Trinajstić information content (AvgIpc) is 3.11. The summed E-state index contributed by atoms with van der Waals surface area (Å²) in [7, 11) is 0. The van der Waals surface area contributed by atoms with Gasteiger partial charge in [-0.2, -0.15) is 0 Å². The number of carboxylic acids is 1. The number of allylic oxidation sites excluding steroid dienone is 2. The van der Waals surface area contributed by atoms with E-state index in [0.717, 1.165) is 64.2 Å². The van der Waals surface area contributed by atoms with Crippen LogP contribution in [-0.2, 0) is 19.1 Å². The highest BCUT2D eigenvalue weighted by atomic mass is 16.5. The lowest BCUT2D eigenvalue weighted by atomic mass is 10.0. The van der Waals surface area contributed by atoms with E-state index < -0.39 is 5.97 Å². The summed E-state index contributed by atoms with van der Waals surface area (Å²) in [5.41, 5.74) is 0. The summed E-state index contributed by atoms with van der Waals surface area (Å²) in [5, 5.41) is 11.1. The van der Waals surface area contributed by atoms with Gasteiger partial charge in [0.15, 0.2) is 0 Å². The monoisotopic (exact) mass is 720 g/mol. The maximum atomic E-state index is 12.8. The van der Waals surface area contributed by atoms with Gasteiger partial charge in [0.2, 0.25) is 5.91 Å². The normalized spacial score (nSPS) is 12.0. The van der Waals surface area contributed by atoms with Crippen molar-refractivity contribution >= 4 is 17.8 Å². The Bertz CT molecular complexity index is 797. The molecular weight excluding hydrogens is 634 g/mol. The summed E-state index contributed by atoms with van der Waals surface area (Å²) < 4.78 is 6.04. The van der Waals surface area contributed by atoms with Crippen molar-refractivity contribution in [2.45, 2.75) is 251 Å². The number of nitrogens with one attached hydrogen (secondary N) is 1. The maximum absolute atomic E-state index is 12.8. The van der Waals surface area contributed by atoms with Crippen LogP contribution in [0.5, 0.6) is 0 Å². The minimum absolute atomic E-state index is 0.0148. The van der Waals surface area contributed by atoms with Gasteiger partial charge in [-0.3, -0.25) is 14.4 Å². The van der Waals surface area contributed by atoms with Gasteiger partial charge in [-0.25, -0.2) is 0 Å². The molecule has 0 rings (SSSR count). The van der Waals surface area contributed by atoms with Crippen molar-refractivity contribution in [1.29, 1.82) is 0 Å². The van der Waals surface area contributed by atoms with E-state index in [1.165, 1.54) is 154 Å². The van der Waals surface area contributed by atoms with Gasteiger partial charge in [0.25, 0.3) is 0 Å². The number of esters is 1. The van der Waals surface area contributed by atoms with Gasteiger partial charge in [0, 0.05) is 12.8 Å². The molecule has 51 heavy (non-hydrogen) atoms. The Morgan fingerprint density at radius 3 is 1.25 bits per heavy atom. The second-order valence-corrected chi connectivity index (χ2v) is 15.3. The van der Waals surface area contributed by atoms with Crippen LogP contribution >= 0.6 is 0 Å². The molecule has 0 saturated carbocycles. The highest BCUT2D eigenvalue weighted by molar-refractivity contribution is 5.80. The third-order valence-electron chi connectivity index (χ3n) is 10.2. The van der Waals surface area contributed by atoms with Crippen LogP contribution in [0.25, 0.3) is 0 Å². The highest BCUT2D eigenvalue weighted by Crippen LogP contribution is 2.19. The molecule has 300 valence electrons. The summed E-state index contributed by atoms with van der Waals surface area (Å²) in [4.78, 5) is 35.0. The zero-order chi connectivity index (χ0) is 37.3. The molecule has 0 aromatic carbocycles. The fourth-order valence-electron chi connectivity index (χ4n) is 6.86. The molecule has 0 fully saturated rings. The molecule has 6 nitrogen and oxygen atoms in total. The number of carbonyl (C=O) groups is 3. The molecule has 0 bridgehead atoms. The minimum atomic E-state index is -1.01. The molecule has 2 N–H and O–H groups in total. The van der Waals surface area contributed by atoms with Gasteiger partial charge >= 0.3 is 11.9 Å². The van der Waals surface area contributed by atoms with Crippen LogP contribution < -0.4 is 5.32 Å². The Labute approximate surface area is 316 Å². The van der Waals surface area contributed by atoms with Crippen LogP contribution in [-0.4, -0.2) is 35.6 Å². The lowest BCUT2D eigenvalue weighted by Crippen LogP contribution is -2.28. The zero-order valence-electron chi connectivity index (χ0n) is 34.0. The first-order chi connectivity index (χ1) is 25.0. The van der Waals surface area contributed by atoms with Crippen LogP contribution in [0, 0.1) is 0 Å². The van der Waals surface area contributed by atoms with Gasteiger partial charge in [-0.05, 0) is 64.2 Å². The SMILES string of the molecule is CCCCCCCC/C=C\CCCCCCCCCC(=O)OC(CCCCCCCCCCCCCC)CCCCCCCC(=O)NCC(=O)O. The quantitative estimate of drug-likeness (QED) is 0.0373. The summed E-state index contributed by atoms with van der Waals surface area (Å²) in [6.45, 7) is 4.24. The molecule has 0 aromatic heterocycles. The molecule has 0 spiro atoms. The topological polar surface area (TPSA) is 92.7 Å². The van der Waals surface area contributed by atoms with E-state index in [4.69, 9.17) is 9.84 Å². The van der Waals surface area contributed by atoms with Crippen molar-refractivity contribution in [1.82, 2.24) is 5.32 Å². The van der Waals surface area contributed by atoms with Crippen LogP contribution in [0.1, 0.15) is 245 Å². The Morgan fingerprint density at radius 2 is 0.843 bits per heavy atom. The van der Waals surface area contributed by atoms with Crippen molar-refractivity contribution in [3.8, 4) is 0 Å². The fourth-order valence-corrected chi connectivity index (χ4v) is 6.86. The summed E-state index contributed by atoms with van der Waals surface area (Å²) in [5.74, 6) is -1.22. The Hall–Kier alpha value is -1.85. The predicted molar refractivity (Wildman–Crippen MR) is 217 cm³/mol. The Balaban J connectivity index is 4.11. The standard InChI is InChI=1S/C45H85NO5/c1-3-5-7-9-11-13-15-17-18-19-20-21-23-25-27-32-36-40-45(50)51-42(37-33-29-26-24-22-16-14-12-10-8-6-4-2)38-34-30-28-31-35-39-43(47)46-41-44(48)49/h17-18,42H,3-16,19-41H2,1-2H3,(H,46,47)(H,48,49)/b18-17-. The first-order valence-corrected chi connectivity index (χ1v) is 22.3. The van der Waals surface area contributed by atoms with Gasteiger partial charge in [0.1, 0.15) is 12.6 Å². The number of carboxylic acid groups (broad SMARTS) is 1. The maximum Gasteiger partial charge on any atom is 0.322 e. The first-order valence-electron chi connectivity index (χ1n) is 22.3. The molecule has 0 radical (unpaired) electrons. The van der Waals surface area contributed by atoms with E-state index in [2.05, 4.69) is 31.3 Å². The van der Waals surface area contributed by atoms with Crippen molar-refractivity contribution in [2.75, 3.05) is 6.54 Å². The average molecular weight is 720 g/mol. The van der Waals surface area contributed by atoms with Crippen molar-refractivity contribution in [2.24, 2.45) is 0 Å². The minimum Gasteiger partial charge on any atom is -0.480 e. The lowest BCUT2D eigenvalue weighted by molar-refractivity contribution is -0.150. The second kappa shape index (κ2) is 40.9. The summed E-state index contributed by atoms with van der Waals surface area (Å²) in [6.07, 6.45) is 47.6. The summed E-state index contributed by atoms with van der Waals surface area (Å²) in [6, 6.07) is 0.